The highest BCUT2D eigenvalue weighted by atomic mass is 32.5. The molecule has 5 aromatic heterocycles. The summed E-state index contributed by atoms with van der Waals surface area (Å²) in [6.07, 6.45) is -2.03. The summed E-state index contributed by atoms with van der Waals surface area (Å²) in [6.45, 7) is -0.330. The van der Waals surface area contributed by atoms with E-state index in [2.05, 4.69) is 34.9 Å². The maximum Gasteiger partial charge on any atom is 0.351 e. The van der Waals surface area contributed by atoms with Crippen molar-refractivity contribution >= 4 is 77.0 Å². The van der Waals surface area contributed by atoms with E-state index in [9.17, 15) is 24.5 Å². The minimum atomic E-state index is -4.22. The first-order valence-corrected chi connectivity index (χ1v) is 24.9. The third-order valence-electron chi connectivity index (χ3n) is 11.5. The van der Waals surface area contributed by atoms with Crippen LogP contribution in [0.4, 0.5) is 17.6 Å². The van der Waals surface area contributed by atoms with Crippen LogP contribution in [-0.4, -0.2) is 113 Å². The lowest BCUT2D eigenvalue weighted by Gasteiger charge is -2.29. The van der Waals surface area contributed by atoms with E-state index in [1.807, 2.05) is 13.8 Å². The van der Waals surface area contributed by atoms with E-state index in [1.165, 1.54) is 28.0 Å². The second-order valence-electron chi connectivity index (χ2n) is 15.7. The molecule has 0 aliphatic carbocycles. The van der Waals surface area contributed by atoms with Crippen LogP contribution >= 0.6 is 13.4 Å². The van der Waals surface area contributed by atoms with Gasteiger partial charge in [0.15, 0.2) is 22.6 Å². The monoisotopic (exact) mass is 955 g/mol. The van der Waals surface area contributed by atoms with Crippen LogP contribution in [0.1, 0.15) is 58.4 Å². The number of aromatic amines is 1. The number of imidazole rings is 2. The lowest BCUT2D eigenvalue weighted by Crippen LogP contribution is -2.33. The molecular weight excluding hydrogens is 909 g/mol. The number of hydrogen-bond donors (Lipinski definition) is 7. The van der Waals surface area contributed by atoms with Crippen molar-refractivity contribution in [2.24, 2.45) is 17.8 Å². The van der Waals surface area contributed by atoms with Gasteiger partial charge < -0.3 is 64.4 Å². The molecule has 63 heavy (non-hydrogen) atoms. The molecule has 14 atom stereocenters. The number of hydrogen-bond acceptors (Lipinski definition) is 21. The van der Waals surface area contributed by atoms with Gasteiger partial charge in [-0.15, -0.1) is 0 Å². The number of aromatic nitrogens is 10. The Balaban J connectivity index is 0.995. The first-order valence-electron chi connectivity index (χ1n) is 19.7. The number of H-pyrrole nitrogens is 1. The number of nitrogens with zero attached hydrogens (tertiary/aromatic N) is 9. The van der Waals surface area contributed by atoms with Crippen LogP contribution in [0.15, 0.2) is 34.8 Å². The summed E-state index contributed by atoms with van der Waals surface area (Å²) in [5.41, 5.74) is 17.9. The second kappa shape index (κ2) is 17.5. The van der Waals surface area contributed by atoms with E-state index < -0.39 is 111 Å². The predicted octanol–water partition coefficient (Wildman–Crippen LogP) is 0.880. The van der Waals surface area contributed by atoms with Gasteiger partial charge >= 0.3 is 19.1 Å². The van der Waals surface area contributed by atoms with E-state index in [1.54, 1.807) is 31.7 Å². The van der Waals surface area contributed by atoms with E-state index in [4.69, 9.17) is 73.1 Å². The third kappa shape index (κ3) is 8.80. The zero-order valence-corrected chi connectivity index (χ0v) is 37.8. The molecule has 29 heteroatoms. The van der Waals surface area contributed by atoms with Gasteiger partial charge in [0.25, 0.3) is 5.56 Å². The van der Waals surface area contributed by atoms with Crippen molar-refractivity contribution in [1.29, 1.82) is 0 Å². The maximum atomic E-state index is 12.7. The van der Waals surface area contributed by atoms with E-state index in [-0.39, 0.29) is 28.7 Å². The number of nitrogens with one attached hydrogen (secondary N) is 1. The standard InChI is InChI=1S/C34H47N13O12P2S2/c1-6-17-23(15(4)31(55-17)46-11-40-20-26(36)38-10-39-27(20)46)58-61(52,63)54-9-19-24(16(5)32(57-19)47-12-41-21-28(47)43-33(37)44-29(21)49)59-60(51,62)53-8-18-22(48)14(3)30(56-18)45-7-13(2)25(35)42-34(45)50/h7,10-12,14-19,22-24,30-32,48H,6,8-9H2,1-5H3,(H,51,62)(H,52,63)(H2,35,42,50)(H2,36,38,39)(H3,37,43,44,49)/t14-,15-,16-,17+,18+,19+,22?,23?,24?,30+,31+,32+,60?,61?/m0/s1. The molecule has 0 radical (unpaired) electrons. The fraction of sp³-hybridized carbons (Fsp3) is 0.588. The van der Waals surface area contributed by atoms with E-state index in [0.29, 0.717) is 23.1 Å². The number of aliphatic hydroxyl groups excluding tert-OH is 1. The Morgan fingerprint density at radius 2 is 1.32 bits per heavy atom. The number of fused-ring (bicyclic) bond motifs is 2. The molecule has 3 aliphatic rings. The number of ether oxygens (including phenoxy) is 3. The molecular formula is C34H47N13O12P2S2. The number of anilines is 3. The van der Waals surface area contributed by atoms with Gasteiger partial charge in [-0.2, -0.15) is 9.97 Å². The molecule has 25 nitrogen and oxygen atoms in total. The summed E-state index contributed by atoms with van der Waals surface area (Å²) >= 11 is 11.0. The average Bonchev–Trinajstić information content (AvgIpc) is 4.03. The summed E-state index contributed by atoms with van der Waals surface area (Å²) in [5.74, 6) is -1.59. The van der Waals surface area contributed by atoms with Gasteiger partial charge in [-0.3, -0.25) is 23.5 Å². The van der Waals surface area contributed by atoms with Gasteiger partial charge in [0.2, 0.25) is 5.95 Å². The smallest absolute Gasteiger partial charge is 0.351 e. The zero-order chi connectivity index (χ0) is 45.3. The van der Waals surface area contributed by atoms with Crippen LogP contribution in [0, 0.1) is 24.7 Å². The van der Waals surface area contributed by atoms with Crippen LogP contribution in [0.2, 0.25) is 0 Å². The highest BCUT2D eigenvalue weighted by molar-refractivity contribution is 8.07. The fourth-order valence-electron chi connectivity index (χ4n) is 8.19. The largest absolute Gasteiger partial charge is 0.390 e. The van der Waals surface area contributed by atoms with E-state index in [0.717, 1.165) is 0 Å². The fourth-order valence-corrected chi connectivity index (χ4v) is 11.2. The molecule has 3 aliphatic heterocycles. The van der Waals surface area contributed by atoms with Crippen molar-refractivity contribution in [3.05, 3.63) is 51.6 Å². The summed E-state index contributed by atoms with van der Waals surface area (Å²) in [4.78, 5) is 75.8. The van der Waals surface area contributed by atoms with Gasteiger partial charge in [0.1, 0.15) is 60.8 Å². The van der Waals surface area contributed by atoms with Gasteiger partial charge in [-0.25, -0.2) is 24.7 Å². The normalized spacial score (nSPS) is 31.8. The number of rotatable bonds is 14. The van der Waals surface area contributed by atoms with Crippen molar-refractivity contribution in [3.8, 4) is 0 Å². The van der Waals surface area contributed by atoms with Crippen LogP contribution in [-0.2, 0) is 55.9 Å². The van der Waals surface area contributed by atoms with Gasteiger partial charge in [0, 0.05) is 29.5 Å². The molecule has 0 bridgehead atoms. The molecule has 8 rings (SSSR count). The average molecular weight is 956 g/mol. The highest BCUT2D eigenvalue weighted by Crippen LogP contribution is 2.54. The van der Waals surface area contributed by atoms with Crippen molar-refractivity contribution in [3.63, 3.8) is 0 Å². The third-order valence-corrected chi connectivity index (χ3v) is 14.7. The van der Waals surface area contributed by atoms with Crippen molar-refractivity contribution < 1.29 is 47.2 Å². The molecule has 3 fully saturated rings. The Kier molecular flexibility index (Phi) is 12.7. The molecule has 3 saturated heterocycles. The van der Waals surface area contributed by atoms with Crippen LogP contribution in [0.5, 0.6) is 0 Å². The Bertz CT molecular complexity index is 2740. The Hall–Kier alpha value is -3.92. The SMILES string of the molecule is CC[C@H]1O[C@@H](n2cnc3c(N)ncnc32)[C@@H](C)C1OP(O)(=S)OC[C@H]1O[C@@H](n2cnc3c(=O)[nH]c(N)nc32)[C@@H](C)C1OP(O)(=S)OC[C@H]1O[C@@H](n2cc(C)c(N)nc2=O)[C@@H](C)C1O. The number of aliphatic hydroxyl groups is 1. The van der Waals surface area contributed by atoms with Crippen LogP contribution < -0.4 is 28.5 Å². The van der Waals surface area contributed by atoms with Crippen LogP contribution in [0.3, 0.4) is 0 Å². The molecule has 8 heterocycles. The molecule has 5 unspecified atom stereocenters. The van der Waals surface area contributed by atoms with Crippen molar-refractivity contribution in [1.82, 2.24) is 48.6 Å². The minimum absolute atomic E-state index is 0.0156. The molecule has 0 saturated carbocycles. The summed E-state index contributed by atoms with van der Waals surface area (Å²) in [5, 5.41) is 11.1. The maximum absolute atomic E-state index is 12.7. The van der Waals surface area contributed by atoms with Gasteiger partial charge in [-0.1, -0.05) is 27.7 Å². The summed E-state index contributed by atoms with van der Waals surface area (Å²) < 4.78 is 47.3. The number of aryl methyl sites for hydroxylation is 1. The molecule has 342 valence electrons. The van der Waals surface area contributed by atoms with Crippen LogP contribution in [0.25, 0.3) is 22.3 Å². The summed E-state index contributed by atoms with van der Waals surface area (Å²) in [6, 6.07) is 0. The topological polar surface area (TPSA) is 345 Å². The number of nitrogens with two attached hydrogens (primary N) is 3. The van der Waals surface area contributed by atoms with Crippen molar-refractivity contribution in [2.75, 3.05) is 30.4 Å². The molecule has 0 aromatic carbocycles. The quantitative estimate of drug-likeness (QED) is 0.0760. The highest BCUT2D eigenvalue weighted by Gasteiger charge is 2.50. The van der Waals surface area contributed by atoms with Gasteiger partial charge in [0.05, 0.1) is 38.1 Å². The van der Waals surface area contributed by atoms with Crippen molar-refractivity contribution in [2.45, 2.75) is 96.3 Å². The Morgan fingerprint density at radius 1 is 0.762 bits per heavy atom. The first-order chi connectivity index (χ1) is 29.8. The first kappa shape index (κ1) is 45.6. The zero-order valence-electron chi connectivity index (χ0n) is 34.3. The Morgan fingerprint density at radius 3 is 1.97 bits per heavy atom. The molecule has 5 aromatic rings. The Labute approximate surface area is 367 Å². The predicted molar refractivity (Wildman–Crippen MR) is 230 cm³/mol. The van der Waals surface area contributed by atoms with E-state index >= 15 is 0 Å². The molecule has 0 spiro atoms. The summed E-state index contributed by atoms with van der Waals surface area (Å²) in [7, 11) is 0. The lowest BCUT2D eigenvalue weighted by atomic mass is 10.0. The van der Waals surface area contributed by atoms with Gasteiger partial charge in [-0.05, 0) is 37.0 Å². The second-order valence-corrected chi connectivity index (χ2v) is 21.3. The molecule has 10 N–H and O–H groups in total. The number of nitrogen functional groups attached to an aromatic ring is 3. The molecule has 0 amide bonds. The minimum Gasteiger partial charge on any atom is -0.390 e. The lowest BCUT2D eigenvalue weighted by molar-refractivity contribution is -0.0532.